The smallest absolute Gasteiger partial charge is 0.325 e. The number of ketones is 1. The summed E-state index contributed by atoms with van der Waals surface area (Å²) in [6, 6.07) is 8.76. The first-order valence-corrected chi connectivity index (χ1v) is 16.8. The third-order valence-electron chi connectivity index (χ3n) is 10.1. The predicted molar refractivity (Wildman–Crippen MR) is 182 cm³/mol. The number of hydrogen-bond donors (Lipinski definition) is 1. The molecule has 1 N–H and O–H groups in total. The third kappa shape index (κ3) is 6.70. The Labute approximate surface area is 288 Å². The van der Waals surface area contributed by atoms with E-state index in [1.165, 1.54) is 25.1 Å². The molecule has 1 saturated carbocycles. The van der Waals surface area contributed by atoms with Gasteiger partial charge in [0.1, 0.15) is 24.7 Å². The standard InChI is InChI=1S/C36H42FN7O6/c1-21(2)29(45)9-10-31(47)43-19-36(20-43)13-23(14-36)35-34-24(25-12-28-22(11-26(25)37)15-39-42(28)4)7-6-8-27(34)44(40-35)18-32(48)41(3)17-30(46)38-16-33(49)50-5/h6-8,11-12,15,21,23H,9-10,13-14,16-20H2,1-5H3,(H,38,46). The average Bonchev–Trinajstić information content (AvgIpc) is 3.59. The molecule has 13 nitrogen and oxygen atoms in total. The number of methoxy groups -OCH3 is 1. The van der Waals surface area contributed by atoms with Gasteiger partial charge in [0.25, 0.3) is 0 Å². The van der Waals surface area contributed by atoms with Gasteiger partial charge in [0.05, 0.1) is 36.6 Å². The van der Waals surface area contributed by atoms with E-state index in [2.05, 4.69) is 15.2 Å². The number of nitrogens with zero attached hydrogens (tertiary/aromatic N) is 6. The summed E-state index contributed by atoms with van der Waals surface area (Å²) < 4.78 is 23.6. The Hall–Kier alpha value is -5.14. The van der Waals surface area contributed by atoms with E-state index in [0.717, 1.165) is 29.4 Å². The van der Waals surface area contributed by atoms with Crippen molar-refractivity contribution >= 4 is 51.3 Å². The highest BCUT2D eigenvalue weighted by Gasteiger charge is 2.54. The van der Waals surface area contributed by atoms with Gasteiger partial charge in [-0.2, -0.15) is 10.2 Å². The van der Waals surface area contributed by atoms with Gasteiger partial charge in [-0.1, -0.05) is 26.0 Å². The first-order valence-electron chi connectivity index (χ1n) is 16.8. The number of fused-ring (bicyclic) bond motifs is 2. The van der Waals surface area contributed by atoms with Gasteiger partial charge in [-0.15, -0.1) is 0 Å². The van der Waals surface area contributed by atoms with Crippen LogP contribution in [0.5, 0.6) is 0 Å². The molecular formula is C36H42FN7O6. The van der Waals surface area contributed by atoms with Gasteiger partial charge >= 0.3 is 5.97 Å². The number of rotatable bonds is 12. The Morgan fingerprint density at radius 1 is 1.08 bits per heavy atom. The zero-order valence-electron chi connectivity index (χ0n) is 29.0. The number of hydrogen-bond acceptors (Lipinski definition) is 8. The molecule has 2 fully saturated rings. The number of amides is 3. The number of nitrogens with one attached hydrogen (secondary N) is 1. The van der Waals surface area contributed by atoms with Crippen LogP contribution in [0.2, 0.25) is 0 Å². The normalized spacial score (nSPS) is 15.3. The molecule has 0 unspecified atom stereocenters. The summed E-state index contributed by atoms with van der Waals surface area (Å²) >= 11 is 0. The number of aryl methyl sites for hydroxylation is 1. The lowest BCUT2D eigenvalue weighted by atomic mass is 9.56. The number of Topliss-reactive ketones (excluding diaryl/α,β-unsaturated/α-hetero) is 1. The number of ether oxygens (including phenoxy) is 1. The average molecular weight is 688 g/mol. The van der Waals surface area contributed by atoms with Crippen LogP contribution in [-0.2, 0) is 42.3 Å². The second-order valence-corrected chi connectivity index (χ2v) is 14.0. The van der Waals surface area contributed by atoms with Crippen molar-refractivity contribution < 1.29 is 33.1 Å². The van der Waals surface area contributed by atoms with Gasteiger partial charge in [0.2, 0.25) is 17.7 Å². The maximum absolute atomic E-state index is 15.8. The number of carbonyl (C=O) groups excluding carboxylic acids is 5. The number of likely N-dealkylation sites (N-methyl/N-ethyl adjacent to an activating group) is 1. The summed E-state index contributed by atoms with van der Waals surface area (Å²) in [5.41, 5.74) is 3.17. The van der Waals surface area contributed by atoms with E-state index in [-0.39, 0.29) is 67.3 Å². The molecule has 0 radical (unpaired) electrons. The lowest BCUT2D eigenvalue weighted by Crippen LogP contribution is -2.63. The second kappa shape index (κ2) is 13.6. The summed E-state index contributed by atoms with van der Waals surface area (Å²) in [6.07, 6.45) is 3.64. The number of carbonyl (C=O) groups is 5. The highest BCUT2D eigenvalue weighted by atomic mass is 19.1. The van der Waals surface area contributed by atoms with Gasteiger partial charge in [-0.05, 0) is 36.6 Å². The molecule has 1 aliphatic heterocycles. The van der Waals surface area contributed by atoms with Crippen molar-refractivity contribution in [3.05, 3.63) is 48.0 Å². The molecular weight excluding hydrogens is 645 g/mol. The highest BCUT2D eigenvalue weighted by molar-refractivity contribution is 6.00. The molecule has 2 aromatic heterocycles. The topological polar surface area (TPSA) is 149 Å². The van der Waals surface area contributed by atoms with Crippen molar-refractivity contribution in [2.24, 2.45) is 18.4 Å². The molecule has 6 rings (SSSR count). The molecule has 2 aliphatic rings. The highest BCUT2D eigenvalue weighted by Crippen LogP contribution is 2.57. The van der Waals surface area contributed by atoms with Crippen molar-refractivity contribution in [1.29, 1.82) is 0 Å². The predicted octanol–water partition coefficient (Wildman–Crippen LogP) is 3.19. The molecule has 4 aromatic rings. The summed E-state index contributed by atoms with van der Waals surface area (Å²) in [4.78, 5) is 65.0. The molecule has 14 heteroatoms. The fourth-order valence-electron chi connectivity index (χ4n) is 7.17. The number of halogens is 1. The maximum atomic E-state index is 15.8. The molecule has 3 amide bonds. The van der Waals surface area contributed by atoms with Crippen molar-refractivity contribution in [1.82, 2.24) is 34.7 Å². The van der Waals surface area contributed by atoms with Crippen molar-refractivity contribution in [2.45, 2.75) is 52.0 Å². The first-order chi connectivity index (χ1) is 23.8. The van der Waals surface area contributed by atoms with Crippen LogP contribution in [0.3, 0.4) is 0 Å². The summed E-state index contributed by atoms with van der Waals surface area (Å²) in [6.45, 7) is 4.18. The largest absolute Gasteiger partial charge is 0.468 e. The molecule has 264 valence electrons. The summed E-state index contributed by atoms with van der Waals surface area (Å²) in [5.74, 6) is -1.90. The molecule has 0 atom stereocenters. The fourth-order valence-corrected chi connectivity index (χ4v) is 7.17. The van der Waals surface area contributed by atoms with Crippen molar-refractivity contribution in [3.8, 4) is 11.1 Å². The van der Waals surface area contributed by atoms with Crippen molar-refractivity contribution in [3.63, 3.8) is 0 Å². The van der Waals surface area contributed by atoms with Crippen LogP contribution in [0, 0.1) is 17.2 Å². The molecule has 1 spiro atoms. The minimum atomic E-state index is -0.602. The summed E-state index contributed by atoms with van der Waals surface area (Å²) in [7, 11) is 4.51. The molecule has 1 saturated heterocycles. The molecule has 1 aliphatic carbocycles. The van der Waals surface area contributed by atoms with E-state index >= 15 is 4.39 Å². The zero-order valence-corrected chi connectivity index (χ0v) is 29.0. The summed E-state index contributed by atoms with van der Waals surface area (Å²) in [5, 5.41) is 13.1. The van der Waals surface area contributed by atoms with Crippen LogP contribution in [0.4, 0.5) is 4.39 Å². The minimum Gasteiger partial charge on any atom is -0.468 e. The molecule has 50 heavy (non-hydrogen) atoms. The van der Waals surface area contributed by atoms with Gasteiger partial charge in [-0.3, -0.25) is 33.3 Å². The van der Waals surface area contributed by atoms with Crippen LogP contribution in [0.25, 0.3) is 32.9 Å². The van der Waals surface area contributed by atoms with Gasteiger partial charge in [-0.25, -0.2) is 4.39 Å². The molecule has 2 aromatic carbocycles. The van der Waals surface area contributed by atoms with E-state index in [4.69, 9.17) is 5.10 Å². The number of esters is 1. The van der Waals surface area contributed by atoms with Crippen LogP contribution < -0.4 is 5.32 Å². The van der Waals surface area contributed by atoms with Gasteiger partial charge < -0.3 is 19.9 Å². The Morgan fingerprint density at radius 3 is 2.52 bits per heavy atom. The Bertz CT molecular complexity index is 2000. The van der Waals surface area contributed by atoms with Crippen molar-refractivity contribution in [2.75, 3.05) is 40.3 Å². The number of benzene rings is 2. The van der Waals surface area contributed by atoms with Gasteiger partial charge in [0, 0.05) is 73.6 Å². The van der Waals surface area contributed by atoms with Crippen LogP contribution >= 0.6 is 0 Å². The molecule has 0 bridgehead atoms. The Morgan fingerprint density at radius 2 is 1.82 bits per heavy atom. The second-order valence-electron chi connectivity index (χ2n) is 14.0. The van der Waals surface area contributed by atoms with Crippen LogP contribution in [0.1, 0.15) is 51.1 Å². The first kappa shape index (κ1) is 34.7. The Balaban J connectivity index is 1.26. The van der Waals surface area contributed by atoms with Crippen LogP contribution in [-0.4, -0.2) is 99.2 Å². The monoisotopic (exact) mass is 687 g/mol. The minimum absolute atomic E-state index is 0.00673. The number of likely N-dealkylation sites (tertiary alicyclic amines) is 1. The van der Waals surface area contributed by atoms with E-state index in [1.54, 1.807) is 28.7 Å². The number of aromatic nitrogens is 4. The fraction of sp³-hybridized carbons (Fsp3) is 0.472. The Kier molecular flexibility index (Phi) is 9.47. The van der Waals surface area contributed by atoms with E-state index < -0.39 is 17.7 Å². The van der Waals surface area contributed by atoms with E-state index in [1.807, 2.05) is 36.9 Å². The third-order valence-corrected chi connectivity index (χ3v) is 10.1. The SMILES string of the molecule is COC(=O)CNC(=O)CN(C)C(=O)Cn1nc(C2CC3(C2)CN(C(=O)CCC(=O)C(C)C)C3)c2c(-c3cc4c(cnn4C)cc3F)cccc21. The maximum Gasteiger partial charge on any atom is 0.325 e. The zero-order chi connectivity index (χ0) is 35.9. The van der Waals surface area contributed by atoms with Gasteiger partial charge in [0.15, 0.2) is 0 Å². The van der Waals surface area contributed by atoms with E-state index in [9.17, 15) is 24.0 Å². The quantitative estimate of drug-likeness (QED) is 0.223. The van der Waals surface area contributed by atoms with E-state index in [0.29, 0.717) is 35.1 Å². The van der Waals surface area contributed by atoms with Crippen LogP contribution in [0.15, 0.2) is 36.5 Å². The molecule has 3 heterocycles. The lowest BCUT2D eigenvalue weighted by molar-refractivity contribution is -0.152. The lowest BCUT2D eigenvalue weighted by Gasteiger charge is -2.59.